The molecule has 0 unspecified atom stereocenters. The first-order valence-electron chi connectivity index (χ1n) is 4.47. The summed E-state index contributed by atoms with van der Waals surface area (Å²) in [7, 11) is 0. The van der Waals surface area contributed by atoms with E-state index in [9.17, 15) is 14.4 Å². The average Bonchev–Trinajstić information content (AvgIpc) is 2.14. The number of esters is 2. The molecule has 0 fully saturated rings. The molecule has 0 saturated heterocycles. The summed E-state index contributed by atoms with van der Waals surface area (Å²) in [6.45, 7) is 6.25. The Balaban J connectivity index is 3.80. The molecule has 0 radical (unpaired) electrons. The van der Waals surface area contributed by atoms with Crippen molar-refractivity contribution in [1.29, 1.82) is 0 Å². The van der Waals surface area contributed by atoms with Crippen LogP contribution in [0.15, 0.2) is 12.2 Å². The molecule has 0 heterocycles. The van der Waals surface area contributed by atoms with Gasteiger partial charge in [-0.25, -0.2) is 4.79 Å². The van der Waals surface area contributed by atoms with Gasteiger partial charge in [-0.3, -0.25) is 9.59 Å². The fourth-order valence-corrected chi connectivity index (χ4v) is 0.693. The van der Waals surface area contributed by atoms with E-state index in [0.717, 1.165) is 0 Å². The topological polar surface area (TPSA) is 69.7 Å². The Morgan fingerprint density at radius 1 is 1.20 bits per heavy atom. The van der Waals surface area contributed by atoms with Crippen LogP contribution in [0.2, 0.25) is 0 Å². The SMILES string of the molecule is C=C(C)C(=O)OCC(=O)CC(=O)OCC. The summed E-state index contributed by atoms with van der Waals surface area (Å²) in [6, 6.07) is 0. The maximum atomic E-state index is 11.0. The highest BCUT2D eigenvalue weighted by molar-refractivity contribution is 5.97. The molecule has 0 aromatic carbocycles. The molecule has 0 aliphatic rings. The van der Waals surface area contributed by atoms with E-state index >= 15 is 0 Å². The van der Waals surface area contributed by atoms with E-state index in [4.69, 9.17) is 0 Å². The number of hydrogen-bond acceptors (Lipinski definition) is 5. The summed E-state index contributed by atoms with van der Waals surface area (Å²) < 4.78 is 9.10. The van der Waals surface area contributed by atoms with E-state index in [2.05, 4.69) is 16.1 Å². The minimum atomic E-state index is -0.646. The van der Waals surface area contributed by atoms with Gasteiger partial charge >= 0.3 is 11.9 Å². The fraction of sp³-hybridized carbons (Fsp3) is 0.500. The van der Waals surface area contributed by atoms with E-state index in [0.29, 0.717) is 0 Å². The minimum Gasteiger partial charge on any atom is -0.466 e. The number of rotatable bonds is 6. The molecule has 0 bridgehead atoms. The van der Waals surface area contributed by atoms with Crippen molar-refractivity contribution in [1.82, 2.24) is 0 Å². The van der Waals surface area contributed by atoms with Gasteiger partial charge in [-0.2, -0.15) is 0 Å². The Hall–Kier alpha value is -1.65. The molecular weight excluding hydrogens is 200 g/mol. The van der Waals surface area contributed by atoms with Crippen molar-refractivity contribution in [2.24, 2.45) is 0 Å². The summed E-state index contributed by atoms with van der Waals surface area (Å²) in [5, 5.41) is 0. The first kappa shape index (κ1) is 13.4. The molecule has 0 aromatic rings. The zero-order chi connectivity index (χ0) is 11.8. The van der Waals surface area contributed by atoms with E-state index in [1.54, 1.807) is 6.92 Å². The van der Waals surface area contributed by atoms with Gasteiger partial charge in [-0.15, -0.1) is 0 Å². The average molecular weight is 214 g/mol. The summed E-state index contributed by atoms with van der Waals surface area (Å²) in [6.07, 6.45) is -0.378. The van der Waals surface area contributed by atoms with Crippen molar-refractivity contribution in [2.75, 3.05) is 13.2 Å². The number of carbonyl (C=O) groups is 3. The summed E-state index contributed by atoms with van der Waals surface area (Å²) in [4.78, 5) is 32.7. The second-order valence-corrected chi connectivity index (χ2v) is 2.88. The standard InChI is InChI=1S/C10H14O5/c1-4-14-9(12)5-8(11)6-15-10(13)7(2)3/h2,4-6H2,1,3H3. The molecule has 0 spiro atoms. The van der Waals surface area contributed by atoms with Gasteiger partial charge in [-0.05, 0) is 13.8 Å². The Morgan fingerprint density at radius 2 is 1.80 bits per heavy atom. The quantitative estimate of drug-likeness (QED) is 0.368. The van der Waals surface area contributed by atoms with Crippen LogP contribution in [0.3, 0.4) is 0 Å². The highest BCUT2D eigenvalue weighted by Gasteiger charge is 2.12. The van der Waals surface area contributed by atoms with Crippen molar-refractivity contribution in [3.05, 3.63) is 12.2 Å². The van der Waals surface area contributed by atoms with Crippen LogP contribution in [0.1, 0.15) is 20.3 Å². The van der Waals surface area contributed by atoms with Crippen LogP contribution in [0.5, 0.6) is 0 Å². The van der Waals surface area contributed by atoms with Crippen molar-refractivity contribution < 1.29 is 23.9 Å². The minimum absolute atomic E-state index is 0.207. The lowest BCUT2D eigenvalue weighted by Crippen LogP contribution is -2.18. The lowest BCUT2D eigenvalue weighted by Gasteiger charge is -2.03. The predicted molar refractivity (Wildman–Crippen MR) is 52.0 cm³/mol. The number of carbonyl (C=O) groups excluding carboxylic acids is 3. The largest absolute Gasteiger partial charge is 0.466 e. The predicted octanol–water partition coefficient (Wildman–Crippen LogP) is 0.628. The lowest BCUT2D eigenvalue weighted by molar-refractivity contribution is -0.150. The molecule has 0 N–H and O–H groups in total. The Labute approximate surface area is 88.0 Å². The molecule has 0 atom stereocenters. The molecule has 0 aromatic heterocycles. The number of ketones is 1. The third kappa shape index (κ3) is 6.42. The lowest BCUT2D eigenvalue weighted by atomic mass is 10.3. The van der Waals surface area contributed by atoms with Gasteiger partial charge in [0.2, 0.25) is 0 Å². The van der Waals surface area contributed by atoms with E-state index in [1.807, 2.05) is 0 Å². The van der Waals surface area contributed by atoms with Crippen LogP contribution >= 0.6 is 0 Å². The Morgan fingerprint density at radius 3 is 2.27 bits per heavy atom. The van der Waals surface area contributed by atoms with Crippen molar-refractivity contribution in [3.63, 3.8) is 0 Å². The highest BCUT2D eigenvalue weighted by Crippen LogP contribution is 1.94. The van der Waals surface area contributed by atoms with Crippen molar-refractivity contribution >= 4 is 17.7 Å². The molecule has 5 heteroatoms. The zero-order valence-electron chi connectivity index (χ0n) is 8.87. The molecule has 0 rings (SSSR count). The fourth-order valence-electron chi connectivity index (χ4n) is 0.693. The molecule has 0 saturated carbocycles. The molecule has 84 valence electrons. The molecule has 0 aliphatic heterocycles. The molecule has 5 nitrogen and oxygen atoms in total. The maximum Gasteiger partial charge on any atom is 0.333 e. The van der Waals surface area contributed by atoms with Gasteiger partial charge in [0.05, 0.1) is 6.61 Å². The van der Waals surface area contributed by atoms with Crippen LogP contribution in [0.25, 0.3) is 0 Å². The Kier molecular flexibility index (Phi) is 6.01. The monoisotopic (exact) mass is 214 g/mol. The molecule has 0 amide bonds. The van der Waals surface area contributed by atoms with Crippen LogP contribution in [-0.4, -0.2) is 30.9 Å². The number of hydrogen-bond donors (Lipinski definition) is 0. The highest BCUT2D eigenvalue weighted by atomic mass is 16.5. The van der Waals surface area contributed by atoms with E-state index in [-0.39, 0.29) is 18.6 Å². The third-order valence-corrected chi connectivity index (χ3v) is 1.36. The second-order valence-electron chi connectivity index (χ2n) is 2.88. The summed E-state index contributed by atoms with van der Waals surface area (Å²) in [5.41, 5.74) is 0.207. The first-order valence-corrected chi connectivity index (χ1v) is 4.47. The first-order chi connectivity index (χ1) is 6.97. The van der Waals surface area contributed by atoms with Gasteiger partial charge < -0.3 is 9.47 Å². The molecule has 15 heavy (non-hydrogen) atoms. The summed E-state index contributed by atoms with van der Waals surface area (Å²) in [5.74, 6) is -1.76. The summed E-state index contributed by atoms with van der Waals surface area (Å²) >= 11 is 0. The molecular formula is C10H14O5. The molecule has 0 aliphatic carbocycles. The third-order valence-electron chi connectivity index (χ3n) is 1.36. The van der Waals surface area contributed by atoms with Crippen LogP contribution in [-0.2, 0) is 23.9 Å². The van der Waals surface area contributed by atoms with Gasteiger partial charge in [0.25, 0.3) is 0 Å². The van der Waals surface area contributed by atoms with Crippen molar-refractivity contribution in [3.8, 4) is 0 Å². The number of Topliss-reactive ketones (excluding diaryl/α,β-unsaturated/α-hetero) is 1. The van der Waals surface area contributed by atoms with Crippen LogP contribution in [0, 0.1) is 0 Å². The van der Waals surface area contributed by atoms with Gasteiger partial charge in [0.1, 0.15) is 6.42 Å². The van der Waals surface area contributed by atoms with Gasteiger partial charge in [-0.1, -0.05) is 6.58 Å². The Bertz CT molecular complexity index is 280. The second kappa shape index (κ2) is 6.75. The van der Waals surface area contributed by atoms with Crippen molar-refractivity contribution in [2.45, 2.75) is 20.3 Å². The smallest absolute Gasteiger partial charge is 0.333 e. The normalized spacial score (nSPS) is 9.20. The van der Waals surface area contributed by atoms with Crippen LogP contribution < -0.4 is 0 Å². The van der Waals surface area contributed by atoms with Gasteiger partial charge in [0, 0.05) is 5.57 Å². The maximum absolute atomic E-state index is 11.0. The van der Waals surface area contributed by atoms with E-state index in [1.165, 1.54) is 6.92 Å². The number of ether oxygens (including phenoxy) is 2. The van der Waals surface area contributed by atoms with E-state index < -0.39 is 24.3 Å². The van der Waals surface area contributed by atoms with Crippen LogP contribution in [0.4, 0.5) is 0 Å². The van der Waals surface area contributed by atoms with Gasteiger partial charge in [0.15, 0.2) is 12.4 Å². The zero-order valence-corrected chi connectivity index (χ0v) is 8.87.